The summed E-state index contributed by atoms with van der Waals surface area (Å²) in [4.78, 5) is 2.24. The molecule has 0 N–H and O–H groups in total. The molecule has 104 valence electrons. The van der Waals surface area contributed by atoms with Crippen molar-refractivity contribution in [2.24, 2.45) is 11.8 Å². The third-order valence-electron chi connectivity index (χ3n) is 4.15. The highest BCUT2D eigenvalue weighted by Gasteiger charge is 2.19. The summed E-state index contributed by atoms with van der Waals surface area (Å²) < 4.78 is 12.3. The summed E-state index contributed by atoms with van der Waals surface area (Å²) in [5.41, 5.74) is 2.92. The summed E-state index contributed by atoms with van der Waals surface area (Å²) in [5.74, 6) is 1.32. The van der Waals surface area contributed by atoms with Gasteiger partial charge in [-0.15, -0.1) is 0 Å². The molecule has 0 aromatic rings. The average molecular weight is 253 g/mol. The van der Waals surface area contributed by atoms with E-state index in [0.29, 0.717) is 18.4 Å². The monoisotopic (exact) mass is 253 g/mol. The van der Waals surface area contributed by atoms with E-state index < -0.39 is 0 Å². The standard InChI is InChI=1S/C16H28FN/c1-13(2)14(3)5-6-15(4)16-7-10-18(11-8-16)12-9-17/h5-6,13,16H,7-12H2,1-4H3/b14-5+,15-6+. The van der Waals surface area contributed by atoms with E-state index in [1.165, 1.54) is 24.0 Å². The van der Waals surface area contributed by atoms with E-state index in [-0.39, 0.29) is 6.67 Å². The molecule has 2 heteroatoms. The molecule has 0 radical (unpaired) electrons. The molecule has 0 aromatic carbocycles. The lowest BCUT2D eigenvalue weighted by Gasteiger charge is -2.31. The lowest BCUT2D eigenvalue weighted by Crippen LogP contribution is -2.35. The third-order valence-corrected chi connectivity index (χ3v) is 4.15. The van der Waals surface area contributed by atoms with Crippen molar-refractivity contribution in [1.29, 1.82) is 0 Å². The van der Waals surface area contributed by atoms with Gasteiger partial charge >= 0.3 is 0 Å². The maximum atomic E-state index is 12.3. The van der Waals surface area contributed by atoms with Crippen molar-refractivity contribution in [3.8, 4) is 0 Å². The number of allylic oxidation sites excluding steroid dienone is 4. The van der Waals surface area contributed by atoms with Crippen LogP contribution in [-0.2, 0) is 0 Å². The van der Waals surface area contributed by atoms with Gasteiger partial charge in [0.25, 0.3) is 0 Å². The van der Waals surface area contributed by atoms with E-state index in [4.69, 9.17) is 0 Å². The Kier molecular flexibility index (Phi) is 6.62. The molecule has 18 heavy (non-hydrogen) atoms. The first-order valence-corrected chi connectivity index (χ1v) is 7.18. The van der Waals surface area contributed by atoms with Crippen LogP contribution in [0.5, 0.6) is 0 Å². The molecule has 1 aliphatic rings. The first-order valence-electron chi connectivity index (χ1n) is 7.18. The normalized spacial score (nSPS) is 20.8. The Bertz CT molecular complexity index is 296. The fourth-order valence-electron chi connectivity index (χ4n) is 2.32. The Morgan fingerprint density at radius 2 is 1.83 bits per heavy atom. The van der Waals surface area contributed by atoms with Gasteiger partial charge in [-0.1, -0.05) is 37.1 Å². The van der Waals surface area contributed by atoms with Crippen molar-refractivity contribution < 1.29 is 4.39 Å². The van der Waals surface area contributed by atoms with Gasteiger partial charge in [0.05, 0.1) is 0 Å². The van der Waals surface area contributed by atoms with E-state index in [1.54, 1.807) is 0 Å². The number of nitrogens with zero attached hydrogens (tertiary/aromatic N) is 1. The van der Waals surface area contributed by atoms with Gasteiger partial charge in [-0.3, -0.25) is 0 Å². The van der Waals surface area contributed by atoms with Crippen LogP contribution in [0.2, 0.25) is 0 Å². The highest BCUT2D eigenvalue weighted by Crippen LogP contribution is 2.24. The largest absolute Gasteiger partial charge is 0.301 e. The van der Waals surface area contributed by atoms with Crippen molar-refractivity contribution >= 4 is 0 Å². The van der Waals surface area contributed by atoms with Crippen molar-refractivity contribution in [3.63, 3.8) is 0 Å². The van der Waals surface area contributed by atoms with Crippen molar-refractivity contribution in [2.75, 3.05) is 26.3 Å². The van der Waals surface area contributed by atoms with Crippen LogP contribution in [0.15, 0.2) is 23.3 Å². The number of piperidine rings is 1. The zero-order chi connectivity index (χ0) is 13.5. The molecule has 1 aliphatic heterocycles. The topological polar surface area (TPSA) is 3.24 Å². The van der Waals surface area contributed by atoms with E-state index in [0.717, 1.165) is 13.1 Å². The Labute approximate surface area is 112 Å². The molecule has 1 rings (SSSR count). The van der Waals surface area contributed by atoms with Gasteiger partial charge in [-0.25, -0.2) is 4.39 Å². The van der Waals surface area contributed by atoms with Crippen LogP contribution in [0, 0.1) is 11.8 Å². The highest BCUT2D eigenvalue weighted by molar-refractivity contribution is 5.18. The SMILES string of the molecule is C/C(=C\C=C(/C)C1CCN(CCF)CC1)C(C)C. The second-order valence-electron chi connectivity index (χ2n) is 5.78. The molecule has 0 bridgehead atoms. The lowest BCUT2D eigenvalue weighted by molar-refractivity contribution is 0.185. The van der Waals surface area contributed by atoms with Crippen LogP contribution in [0.4, 0.5) is 4.39 Å². The van der Waals surface area contributed by atoms with Crippen LogP contribution in [0.1, 0.15) is 40.5 Å². The zero-order valence-electron chi connectivity index (χ0n) is 12.4. The van der Waals surface area contributed by atoms with Crippen LogP contribution < -0.4 is 0 Å². The molecule has 1 fully saturated rings. The Balaban J connectivity index is 2.47. The molecule has 0 spiro atoms. The van der Waals surface area contributed by atoms with Gasteiger partial charge in [-0.2, -0.15) is 0 Å². The molecule has 0 unspecified atom stereocenters. The van der Waals surface area contributed by atoms with E-state index in [9.17, 15) is 4.39 Å². The molecule has 0 aliphatic carbocycles. The average Bonchev–Trinajstić information content (AvgIpc) is 2.36. The highest BCUT2D eigenvalue weighted by atomic mass is 19.1. The number of likely N-dealkylation sites (tertiary alicyclic amines) is 1. The van der Waals surface area contributed by atoms with Gasteiger partial charge in [-0.05, 0) is 51.6 Å². The Morgan fingerprint density at radius 1 is 1.22 bits per heavy atom. The summed E-state index contributed by atoms with van der Waals surface area (Å²) in [7, 11) is 0. The molecule has 0 amide bonds. The van der Waals surface area contributed by atoms with E-state index in [1.807, 2.05) is 0 Å². The minimum absolute atomic E-state index is 0.212. The quantitative estimate of drug-likeness (QED) is 0.663. The first-order chi connectivity index (χ1) is 8.54. The minimum atomic E-state index is -0.212. The molecule has 1 heterocycles. The Hall–Kier alpha value is -0.630. The molecule has 1 saturated heterocycles. The first kappa shape index (κ1) is 15.4. The fraction of sp³-hybridized carbons (Fsp3) is 0.750. The number of hydrogen-bond donors (Lipinski definition) is 0. The van der Waals surface area contributed by atoms with Crippen LogP contribution >= 0.6 is 0 Å². The van der Waals surface area contributed by atoms with Gasteiger partial charge in [0.15, 0.2) is 0 Å². The number of alkyl halides is 1. The van der Waals surface area contributed by atoms with E-state index >= 15 is 0 Å². The fourth-order valence-corrected chi connectivity index (χ4v) is 2.32. The summed E-state index contributed by atoms with van der Waals surface area (Å²) in [6.45, 7) is 11.4. The van der Waals surface area contributed by atoms with Crippen LogP contribution in [0.25, 0.3) is 0 Å². The lowest BCUT2D eigenvalue weighted by atomic mass is 9.89. The summed E-state index contributed by atoms with van der Waals surface area (Å²) >= 11 is 0. The molecule has 0 saturated carbocycles. The van der Waals surface area contributed by atoms with Gasteiger partial charge in [0.1, 0.15) is 6.67 Å². The number of hydrogen-bond acceptors (Lipinski definition) is 1. The number of halogens is 1. The molecular weight excluding hydrogens is 225 g/mol. The van der Waals surface area contributed by atoms with E-state index in [2.05, 4.69) is 44.7 Å². The van der Waals surface area contributed by atoms with Gasteiger partial charge < -0.3 is 4.90 Å². The van der Waals surface area contributed by atoms with Crippen molar-refractivity contribution in [3.05, 3.63) is 23.3 Å². The number of rotatable bonds is 5. The Morgan fingerprint density at radius 3 is 2.33 bits per heavy atom. The smallest absolute Gasteiger partial charge is 0.102 e. The van der Waals surface area contributed by atoms with Gasteiger partial charge in [0, 0.05) is 6.54 Å². The van der Waals surface area contributed by atoms with Crippen LogP contribution in [0.3, 0.4) is 0 Å². The maximum Gasteiger partial charge on any atom is 0.102 e. The third kappa shape index (κ3) is 4.93. The maximum absolute atomic E-state index is 12.3. The minimum Gasteiger partial charge on any atom is -0.301 e. The van der Waals surface area contributed by atoms with Gasteiger partial charge in [0.2, 0.25) is 0 Å². The molecular formula is C16H28FN. The second kappa shape index (κ2) is 7.73. The molecule has 1 nitrogen and oxygen atoms in total. The summed E-state index contributed by atoms with van der Waals surface area (Å²) in [6.07, 6.45) is 6.90. The molecule has 0 aromatic heterocycles. The van der Waals surface area contributed by atoms with Crippen molar-refractivity contribution in [2.45, 2.75) is 40.5 Å². The van der Waals surface area contributed by atoms with Crippen molar-refractivity contribution in [1.82, 2.24) is 4.90 Å². The second-order valence-corrected chi connectivity index (χ2v) is 5.78. The van der Waals surface area contributed by atoms with Crippen LogP contribution in [-0.4, -0.2) is 31.2 Å². The summed E-state index contributed by atoms with van der Waals surface area (Å²) in [5, 5.41) is 0. The summed E-state index contributed by atoms with van der Waals surface area (Å²) in [6, 6.07) is 0. The predicted molar refractivity (Wildman–Crippen MR) is 77.5 cm³/mol. The zero-order valence-corrected chi connectivity index (χ0v) is 12.4. The predicted octanol–water partition coefficient (Wildman–Crippen LogP) is 4.22. The molecule has 0 atom stereocenters.